The van der Waals surface area contributed by atoms with Crippen LogP contribution in [0, 0.1) is 0 Å². The normalized spacial score (nSPS) is 19.2. The number of halogens is 3. The summed E-state index contributed by atoms with van der Waals surface area (Å²) in [6, 6.07) is 6.13. The molecule has 3 rings (SSSR count). The summed E-state index contributed by atoms with van der Waals surface area (Å²) in [6.45, 7) is 1.37. The number of nitrogens with one attached hydrogen (secondary N) is 1. The van der Waals surface area contributed by atoms with E-state index >= 15 is 0 Å². The first kappa shape index (κ1) is 13.9. The quantitative estimate of drug-likeness (QED) is 0.914. The van der Waals surface area contributed by atoms with Crippen molar-refractivity contribution in [3.8, 4) is 0 Å². The summed E-state index contributed by atoms with van der Waals surface area (Å²) in [5.74, 6) is 0. The van der Waals surface area contributed by atoms with E-state index in [0.29, 0.717) is 6.54 Å². The van der Waals surface area contributed by atoms with Gasteiger partial charge in [0.2, 0.25) is 0 Å². The molecule has 0 atom stereocenters. The van der Waals surface area contributed by atoms with E-state index in [1.807, 2.05) is 12.1 Å². The molecule has 1 aromatic rings. The number of hydrogen-bond donors (Lipinski definition) is 1. The second-order valence-electron chi connectivity index (χ2n) is 5.73. The average Bonchev–Trinajstić information content (AvgIpc) is 3.21. The molecule has 110 valence electrons. The molecule has 2 nitrogen and oxygen atoms in total. The van der Waals surface area contributed by atoms with Crippen molar-refractivity contribution in [1.82, 2.24) is 10.2 Å². The molecule has 0 saturated heterocycles. The lowest BCUT2D eigenvalue weighted by atomic mass is 9.95. The number of nitrogens with zero attached hydrogens (tertiary/aromatic N) is 1. The van der Waals surface area contributed by atoms with Crippen LogP contribution in [0.25, 0.3) is 0 Å². The molecule has 1 aliphatic carbocycles. The summed E-state index contributed by atoms with van der Waals surface area (Å²) >= 11 is 0. The summed E-state index contributed by atoms with van der Waals surface area (Å²) in [4.78, 5) is 1.59. The van der Waals surface area contributed by atoms with E-state index in [2.05, 4.69) is 11.4 Å². The van der Waals surface area contributed by atoms with Crippen LogP contribution in [0.5, 0.6) is 0 Å². The minimum Gasteiger partial charge on any atom is -0.312 e. The fourth-order valence-electron chi connectivity index (χ4n) is 2.96. The first-order valence-electron chi connectivity index (χ1n) is 7.14. The SMILES string of the molecule is FC(F)(F)CN(Cc1cccc2c1CCNC2)C1CC1. The van der Waals surface area contributed by atoms with E-state index in [4.69, 9.17) is 0 Å². The van der Waals surface area contributed by atoms with Gasteiger partial charge < -0.3 is 5.32 Å². The summed E-state index contributed by atoms with van der Waals surface area (Å²) in [6.07, 6.45) is -1.41. The van der Waals surface area contributed by atoms with Gasteiger partial charge in [0.25, 0.3) is 0 Å². The van der Waals surface area contributed by atoms with Gasteiger partial charge in [-0.1, -0.05) is 18.2 Å². The average molecular weight is 284 g/mol. The maximum Gasteiger partial charge on any atom is 0.401 e. The third-order valence-electron chi connectivity index (χ3n) is 4.06. The Morgan fingerprint density at radius 1 is 1.25 bits per heavy atom. The molecule has 0 unspecified atom stereocenters. The van der Waals surface area contributed by atoms with Gasteiger partial charge >= 0.3 is 6.18 Å². The fraction of sp³-hybridized carbons (Fsp3) is 0.600. The standard InChI is InChI=1S/C15H19F3N2/c16-15(17,18)10-20(13-4-5-13)9-12-3-1-2-11-8-19-7-6-14(11)12/h1-3,13,19H,4-10H2. The molecule has 1 heterocycles. The summed E-state index contributed by atoms with van der Waals surface area (Å²) < 4.78 is 38.1. The highest BCUT2D eigenvalue weighted by Gasteiger charge is 2.38. The van der Waals surface area contributed by atoms with Gasteiger partial charge in [0.1, 0.15) is 0 Å². The minimum atomic E-state index is -4.11. The Labute approximate surface area is 117 Å². The molecule has 1 N–H and O–H groups in total. The van der Waals surface area contributed by atoms with Gasteiger partial charge in [0.05, 0.1) is 6.54 Å². The molecular formula is C15H19F3N2. The van der Waals surface area contributed by atoms with Crippen molar-refractivity contribution < 1.29 is 13.2 Å². The molecule has 1 aliphatic heterocycles. The van der Waals surface area contributed by atoms with Crippen LogP contribution in [0.1, 0.15) is 29.5 Å². The zero-order valence-electron chi connectivity index (χ0n) is 11.3. The third-order valence-corrected chi connectivity index (χ3v) is 4.06. The van der Waals surface area contributed by atoms with Crippen molar-refractivity contribution in [2.75, 3.05) is 13.1 Å². The predicted molar refractivity (Wildman–Crippen MR) is 71.3 cm³/mol. The van der Waals surface area contributed by atoms with E-state index in [0.717, 1.165) is 37.9 Å². The van der Waals surface area contributed by atoms with Crippen LogP contribution in [-0.2, 0) is 19.5 Å². The van der Waals surface area contributed by atoms with Gasteiger partial charge in [0.15, 0.2) is 0 Å². The monoisotopic (exact) mass is 284 g/mol. The van der Waals surface area contributed by atoms with Gasteiger partial charge in [-0.15, -0.1) is 0 Å². The third kappa shape index (κ3) is 3.33. The van der Waals surface area contributed by atoms with Gasteiger partial charge in [-0.3, -0.25) is 4.90 Å². The molecular weight excluding hydrogens is 265 g/mol. The zero-order chi connectivity index (χ0) is 14.2. The number of hydrogen-bond acceptors (Lipinski definition) is 2. The highest BCUT2D eigenvalue weighted by atomic mass is 19.4. The zero-order valence-corrected chi connectivity index (χ0v) is 11.3. The minimum absolute atomic E-state index is 0.120. The number of alkyl halides is 3. The molecule has 0 bridgehead atoms. The lowest BCUT2D eigenvalue weighted by Crippen LogP contribution is -2.36. The van der Waals surface area contributed by atoms with E-state index in [1.54, 1.807) is 4.90 Å². The van der Waals surface area contributed by atoms with Gasteiger partial charge in [-0.25, -0.2) is 0 Å². The Morgan fingerprint density at radius 3 is 2.75 bits per heavy atom. The first-order valence-corrected chi connectivity index (χ1v) is 7.14. The Balaban J connectivity index is 1.78. The molecule has 0 aromatic heterocycles. The molecule has 0 radical (unpaired) electrons. The van der Waals surface area contributed by atoms with Crippen molar-refractivity contribution >= 4 is 0 Å². The second kappa shape index (κ2) is 5.37. The maximum absolute atomic E-state index is 12.7. The summed E-state index contributed by atoms with van der Waals surface area (Å²) in [7, 11) is 0. The molecule has 0 spiro atoms. The molecule has 1 saturated carbocycles. The Bertz CT molecular complexity index is 480. The van der Waals surface area contributed by atoms with Crippen molar-refractivity contribution in [2.45, 2.75) is 44.6 Å². The van der Waals surface area contributed by atoms with Crippen molar-refractivity contribution in [1.29, 1.82) is 0 Å². The Morgan fingerprint density at radius 2 is 2.05 bits per heavy atom. The van der Waals surface area contributed by atoms with Crippen LogP contribution in [0.15, 0.2) is 18.2 Å². The molecule has 5 heteroatoms. The van der Waals surface area contributed by atoms with E-state index in [-0.39, 0.29) is 6.04 Å². The molecule has 1 fully saturated rings. The van der Waals surface area contributed by atoms with Crippen molar-refractivity contribution in [2.24, 2.45) is 0 Å². The number of fused-ring (bicyclic) bond motifs is 1. The lowest BCUT2D eigenvalue weighted by Gasteiger charge is -2.27. The van der Waals surface area contributed by atoms with Gasteiger partial charge in [-0.2, -0.15) is 13.2 Å². The predicted octanol–water partition coefficient (Wildman–Crippen LogP) is 2.86. The molecule has 0 amide bonds. The Hall–Kier alpha value is -1.07. The smallest absolute Gasteiger partial charge is 0.312 e. The van der Waals surface area contributed by atoms with Crippen LogP contribution in [-0.4, -0.2) is 30.2 Å². The van der Waals surface area contributed by atoms with Crippen LogP contribution in [0.2, 0.25) is 0 Å². The van der Waals surface area contributed by atoms with E-state index in [9.17, 15) is 13.2 Å². The highest BCUT2D eigenvalue weighted by molar-refractivity contribution is 5.37. The molecule has 1 aromatic carbocycles. The van der Waals surface area contributed by atoms with Crippen LogP contribution < -0.4 is 5.32 Å². The van der Waals surface area contributed by atoms with Gasteiger partial charge in [-0.05, 0) is 42.5 Å². The van der Waals surface area contributed by atoms with Crippen molar-refractivity contribution in [3.63, 3.8) is 0 Å². The van der Waals surface area contributed by atoms with Crippen LogP contribution >= 0.6 is 0 Å². The second-order valence-corrected chi connectivity index (χ2v) is 5.73. The Kier molecular flexibility index (Phi) is 3.73. The number of rotatable bonds is 4. The molecule has 20 heavy (non-hydrogen) atoms. The maximum atomic E-state index is 12.7. The summed E-state index contributed by atoms with van der Waals surface area (Å²) in [5.41, 5.74) is 3.55. The van der Waals surface area contributed by atoms with E-state index < -0.39 is 12.7 Å². The van der Waals surface area contributed by atoms with E-state index in [1.165, 1.54) is 11.1 Å². The van der Waals surface area contributed by atoms with Crippen LogP contribution in [0.3, 0.4) is 0 Å². The largest absolute Gasteiger partial charge is 0.401 e. The van der Waals surface area contributed by atoms with Crippen LogP contribution in [0.4, 0.5) is 13.2 Å². The number of benzene rings is 1. The lowest BCUT2D eigenvalue weighted by molar-refractivity contribution is -0.148. The molecule has 2 aliphatic rings. The van der Waals surface area contributed by atoms with Crippen molar-refractivity contribution in [3.05, 3.63) is 34.9 Å². The fourth-order valence-corrected chi connectivity index (χ4v) is 2.96. The summed E-state index contributed by atoms with van der Waals surface area (Å²) in [5, 5.41) is 3.30. The topological polar surface area (TPSA) is 15.3 Å². The first-order chi connectivity index (χ1) is 9.53. The highest BCUT2D eigenvalue weighted by Crippen LogP contribution is 2.32. The van der Waals surface area contributed by atoms with Gasteiger partial charge in [0, 0.05) is 19.1 Å².